The number of amides is 2. The van der Waals surface area contributed by atoms with Crippen molar-refractivity contribution in [3.05, 3.63) is 52.9 Å². The van der Waals surface area contributed by atoms with E-state index >= 15 is 0 Å². The average molecular weight is 312 g/mol. The van der Waals surface area contributed by atoms with Gasteiger partial charge in [-0.25, -0.2) is 4.79 Å². The predicted octanol–water partition coefficient (Wildman–Crippen LogP) is 2.31. The van der Waals surface area contributed by atoms with Crippen LogP contribution in [0, 0.1) is 0 Å². The lowest BCUT2D eigenvalue weighted by Gasteiger charge is -2.23. The highest BCUT2D eigenvalue weighted by Crippen LogP contribution is 2.37. The van der Waals surface area contributed by atoms with E-state index in [9.17, 15) is 14.4 Å². The Hall–Kier alpha value is -2.96. The van der Waals surface area contributed by atoms with E-state index in [1.165, 1.54) is 18.4 Å². The summed E-state index contributed by atoms with van der Waals surface area (Å²) in [5.74, 6) is -1.96. The van der Waals surface area contributed by atoms with Gasteiger partial charge >= 0.3 is 5.97 Å². The van der Waals surface area contributed by atoms with Crippen molar-refractivity contribution < 1.29 is 23.7 Å². The molecule has 1 saturated carbocycles. The molecule has 1 aliphatic carbocycles. The Morgan fingerprint density at radius 2 is 1.83 bits per heavy atom. The van der Waals surface area contributed by atoms with Gasteiger partial charge < -0.3 is 9.36 Å². The summed E-state index contributed by atoms with van der Waals surface area (Å²) in [4.78, 5) is 41.7. The molecule has 1 fully saturated rings. The van der Waals surface area contributed by atoms with Crippen LogP contribution in [0.25, 0.3) is 0 Å². The Balaban J connectivity index is 1.57. The Morgan fingerprint density at radius 3 is 2.39 bits per heavy atom. The molecule has 0 radical (unpaired) electrons. The number of carbonyl (C=O) groups excluding carboxylic acids is 3. The molecule has 0 bridgehead atoms. The van der Waals surface area contributed by atoms with Crippen LogP contribution in [0.3, 0.4) is 0 Å². The molecule has 116 valence electrons. The number of imide groups is 1. The number of nitrogens with zero attached hydrogens (tertiary/aromatic N) is 2. The largest absolute Gasteiger partial charge is 0.369 e. The lowest BCUT2D eigenvalue weighted by atomic mass is 9.82. The summed E-state index contributed by atoms with van der Waals surface area (Å²) in [6.07, 6.45) is 4.12. The van der Waals surface area contributed by atoms with E-state index in [2.05, 4.69) is 5.16 Å². The van der Waals surface area contributed by atoms with E-state index < -0.39 is 17.8 Å². The van der Waals surface area contributed by atoms with Gasteiger partial charge in [-0.05, 0) is 25.0 Å². The van der Waals surface area contributed by atoms with Gasteiger partial charge in [-0.1, -0.05) is 28.8 Å². The van der Waals surface area contributed by atoms with Crippen molar-refractivity contribution in [1.29, 1.82) is 0 Å². The second kappa shape index (κ2) is 5.05. The third-order valence-corrected chi connectivity index (χ3v) is 4.24. The Kier molecular flexibility index (Phi) is 3.00. The second-order valence-corrected chi connectivity index (χ2v) is 5.57. The summed E-state index contributed by atoms with van der Waals surface area (Å²) in [5, 5.41) is 4.34. The summed E-state index contributed by atoms with van der Waals surface area (Å²) >= 11 is 0. The van der Waals surface area contributed by atoms with Crippen molar-refractivity contribution in [1.82, 2.24) is 10.2 Å². The van der Waals surface area contributed by atoms with Gasteiger partial charge in [0.1, 0.15) is 17.5 Å². The van der Waals surface area contributed by atoms with Crippen molar-refractivity contribution in [2.24, 2.45) is 0 Å². The molecule has 1 aliphatic heterocycles. The number of hydroxylamine groups is 2. The van der Waals surface area contributed by atoms with Crippen LogP contribution in [0.5, 0.6) is 0 Å². The minimum Gasteiger partial charge on any atom is -0.364 e. The zero-order valence-electron chi connectivity index (χ0n) is 12.0. The first-order valence-electron chi connectivity index (χ1n) is 7.31. The summed E-state index contributed by atoms with van der Waals surface area (Å²) in [7, 11) is 0. The third kappa shape index (κ3) is 2.04. The minimum absolute atomic E-state index is 0.159. The lowest BCUT2D eigenvalue weighted by Crippen LogP contribution is -2.33. The van der Waals surface area contributed by atoms with E-state index in [1.807, 2.05) is 0 Å². The van der Waals surface area contributed by atoms with Crippen LogP contribution in [0.15, 0.2) is 35.1 Å². The number of rotatable bonds is 3. The molecule has 0 atom stereocenters. The van der Waals surface area contributed by atoms with Gasteiger partial charge in [-0.3, -0.25) is 9.59 Å². The number of carbonyl (C=O) groups is 3. The number of fused-ring (bicyclic) bond motifs is 1. The molecule has 2 aliphatic rings. The molecular weight excluding hydrogens is 300 g/mol. The van der Waals surface area contributed by atoms with Gasteiger partial charge in [0.05, 0.1) is 11.1 Å². The molecule has 2 amide bonds. The molecule has 1 aromatic heterocycles. The van der Waals surface area contributed by atoms with Crippen molar-refractivity contribution in [2.45, 2.75) is 25.2 Å². The van der Waals surface area contributed by atoms with Gasteiger partial charge in [0.25, 0.3) is 11.8 Å². The molecule has 2 aromatic rings. The molecule has 0 spiro atoms. The molecule has 0 saturated heterocycles. The van der Waals surface area contributed by atoms with E-state index in [-0.39, 0.29) is 22.6 Å². The van der Waals surface area contributed by atoms with Gasteiger partial charge in [0.2, 0.25) is 0 Å². The fraction of sp³-hybridized carbons (Fsp3) is 0.250. The van der Waals surface area contributed by atoms with Crippen LogP contribution in [-0.2, 0) is 4.84 Å². The standard InChI is InChI=1S/C16H12N2O5/c19-14-10-6-1-2-7-11(10)15(20)18(14)23-16(21)12-8-22-17-13(12)9-4-3-5-9/h1-2,6-9H,3-5H2. The maximum absolute atomic E-state index is 12.3. The van der Waals surface area contributed by atoms with Gasteiger partial charge in [0, 0.05) is 5.92 Å². The van der Waals surface area contributed by atoms with Crippen molar-refractivity contribution >= 4 is 17.8 Å². The normalized spacial score (nSPS) is 17.1. The number of hydrogen-bond acceptors (Lipinski definition) is 6. The topological polar surface area (TPSA) is 89.7 Å². The van der Waals surface area contributed by atoms with Gasteiger partial charge in [0.15, 0.2) is 0 Å². The number of aromatic nitrogens is 1. The fourth-order valence-corrected chi connectivity index (χ4v) is 2.76. The van der Waals surface area contributed by atoms with Crippen LogP contribution in [-0.4, -0.2) is 28.0 Å². The average Bonchev–Trinajstić information content (AvgIpc) is 3.06. The molecule has 0 unspecified atom stereocenters. The maximum atomic E-state index is 12.3. The fourth-order valence-electron chi connectivity index (χ4n) is 2.76. The summed E-state index contributed by atoms with van der Waals surface area (Å²) in [6.45, 7) is 0. The van der Waals surface area contributed by atoms with Crippen LogP contribution >= 0.6 is 0 Å². The zero-order chi connectivity index (χ0) is 16.0. The first-order chi connectivity index (χ1) is 11.2. The number of hydrogen-bond donors (Lipinski definition) is 0. The lowest BCUT2D eigenvalue weighted by molar-refractivity contribution is -0.0586. The highest BCUT2D eigenvalue weighted by molar-refractivity contribution is 6.21. The first-order valence-corrected chi connectivity index (χ1v) is 7.31. The van der Waals surface area contributed by atoms with Crippen LogP contribution in [0.1, 0.15) is 61.9 Å². The van der Waals surface area contributed by atoms with Crippen LogP contribution in [0.4, 0.5) is 0 Å². The molecule has 7 nitrogen and oxygen atoms in total. The molecule has 7 heteroatoms. The van der Waals surface area contributed by atoms with E-state index in [0.29, 0.717) is 10.8 Å². The Bertz CT molecular complexity index is 786. The minimum atomic E-state index is -0.817. The van der Waals surface area contributed by atoms with Gasteiger partial charge in [-0.15, -0.1) is 0 Å². The first kappa shape index (κ1) is 13.7. The molecule has 23 heavy (non-hydrogen) atoms. The third-order valence-electron chi connectivity index (χ3n) is 4.24. The maximum Gasteiger partial charge on any atom is 0.369 e. The van der Waals surface area contributed by atoms with Crippen LogP contribution < -0.4 is 0 Å². The SMILES string of the molecule is O=C(ON1C(=O)c2ccccc2C1=O)c1conc1C1CCC1. The molecule has 0 N–H and O–H groups in total. The summed E-state index contributed by atoms with van der Waals surface area (Å²) < 4.78 is 4.86. The van der Waals surface area contributed by atoms with E-state index in [1.54, 1.807) is 12.1 Å². The summed E-state index contributed by atoms with van der Waals surface area (Å²) in [5.41, 5.74) is 1.12. The van der Waals surface area contributed by atoms with Crippen molar-refractivity contribution in [3.63, 3.8) is 0 Å². The van der Waals surface area contributed by atoms with E-state index in [4.69, 9.17) is 9.36 Å². The van der Waals surface area contributed by atoms with Crippen molar-refractivity contribution in [3.8, 4) is 0 Å². The molecule has 2 heterocycles. The zero-order valence-corrected chi connectivity index (χ0v) is 12.0. The predicted molar refractivity (Wildman–Crippen MR) is 75.5 cm³/mol. The quantitative estimate of drug-likeness (QED) is 0.808. The Labute approximate surface area is 130 Å². The van der Waals surface area contributed by atoms with Crippen LogP contribution in [0.2, 0.25) is 0 Å². The molecule has 1 aromatic carbocycles. The highest BCUT2D eigenvalue weighted by Gasteiger charge is 2.40. The highest BCUT2D eigenvalue weighted by atomic mass is 16.7. The summed E-state index contributed by atoms with van der Waals surface area (Å²) in [6, 6.07) is 6.32. The molecule has 4 rings (SSSR count). The number of benzene rings is 1. The Morgan fingerprint density at radius 1 is 1.17 bits per heavy atom. The molecular formula is C16H12N2O5. The second-order valence-electron chi connectivity index (χ2n) is 5.57. The van der Waals surface area contributed by atoms with E-state index in [0.717, 1.165) is 19.3 Å². The van der Waals surface area contributed by atoms with Gasteiger partial charge in [-0.2, -0.15) is 0 Å². The van der Waals surface area contributed by atoms with Crippen molar-refractivity contribution in [2.75, 3.05) is 0 Å². The monoisotopic (exact) mass is 312 g/mol. The smallest absolute Gasteiger partial charge is 0.364 e.